The van der Waals surface area contributed by atoms with E-state index in [-0.39, 0.29) is 30.0 Å². The number of aliphatic imine (C=N–C) groups is 1. The van der Waals surface area contributed by atoms with Gasteiger partial charge in [0.15, 0.2) is 18.2 Å². The summed E-state index contributed by atoms with van der Waals surface area (Å²) in [5, 5.41) is 79.9. The molecular weight excluding hydrogens is 464 g/mol. The molecular formula is C19H30N2O13. The average Bonchev–Trinajstić information content (AvgIpc) is 2.80. The molecule has 7 atom stereocenters. The first-order valence-corrected chi connectivity index (χ1v) is 10.2. The molecule has 194 valence electrons. The first-order chi connectivity index (χ1) is 16.0. The van der Waals surface area contributed by atoms with Crippen molar-refractivity contribution in [3.05, 3.63) is 11.5 Å². The Labute approximate surface area is 193 Å². The Bertz CT molecular complexity index is 801. The van der Waals surface area contributed by atoms with Gasteiger partial charge in [-0.1, -0.05) is 0 Å². The lowest BCUT2D eigenvalue weighted by Gasteiger charge is -2.39. The van der Waals surface area contributed by atoms with Gasteiger partial charge in [-0.15, -0.1) is 0 Å². The van der Waals surface area contributed by atoms with E-state index in [4.69, 9.17) is 14.2 Å². The summed E-state index contributed by atoms with van der Waals surface area (Å²) in [4.78, 5) is 27.6. The summed E-state index contributed by atoms with van der Waals surface area (Å²) in [6.45, 7) is -2.96. The molecule has 0 bridgehead atoms. The van der Waals surface area contributed by atoms with E-state index < -0.39 is 80.7 Å². The molecule has 0 amide bonds. The summed E-state index contributed by atoms with van der Waals surface area (Å²) in [5.74, 6) is -2.44. The van der Waals surface area contributed by atoms with Crippen molar-refractivity contribution in [2.45, 2.75) is 55.2 Å². The Morgan fingerprint density at radius 3 is 2.41 bits per heavy atom. The molecule has 0 aromatic heterocycles. The van der Waals surface area contributed by atoms with Crippen LogP contribution < -0.4 is 5.32 Å². The molecule has 15 nitrogen and oxygen atoms in total. The number of carboxylic acid groups (broad SMARTS) is 1. The number of ether oxygens (including phenoxy) is 3. The van der Waals surface area contributed by atoms with Gasteiger partial charge in [-0.25, -0.2) is 4.79 Å². The number of hydrogen-bond donors (Lipinski definition) is 9. The molecule has 1 aliphatic carbocycles. The number of nitrogens with one attached hydrogen (secondary N) is 1. The SMILES string of the molecule is COC1=C(NC(CO)C(=O)O)C[C@](O)(CO)CC1=NCC(=O)OC1C(CO)OC(O)C(O)C1O. The zero-order chi connectivity index (χ0) is 25.6. The van der Waals surface area contributed by atoms with Crippen LogP contribution in [0.2, 0.25) is 0 Å². The van der Waals surface area contributed by atoms with Crippen molar-refractivity contribution in [1.82, 2.24) is 5.32 Å². The topological polar surface area (TPSA) is 248 Å². The number of esters is 1. The Morgan fingerprint density at radius 1 is 1.21 bits per heavy atom. The average molecular weight is 494 g/mol. The van der Waals surface area contributed by atoms with E-state index in [0.717, 1.165) is 0 Å². The van der Waals surface area contributed by atoms with Crippen LogP contribution in [0.3, 0.4) is 0 Å². The maximum absolute atomic E-state index is 12.4. The zero-order valence-corrected chi connectivity index (χ0v) is 18.3. The molecule has 34 heavy (non-hydrogen) atoms. The lowest BCUT2D eigenvalue weighted by molar-refractivity contribution is -0.289. The largest absolute Gasteiger partial charge is 0.493 e. The fourth-order valence-electron chi connectivity index (χ4n) is 3.59. The number of carboxylic acids is 1. The lowest BCUT2D eigenvalue weighted by atomic mass is 9.85. The second-order valence-corrected chi connectivity index (χ2v) is 7.91. The van der Waals surface area contributed by atoms with Crippen molar-refractivity contribution in [2.75, 3.05) is 33.5 Å². The van der Waals surface area contributed by atoms with E-state index in [1.807, 2.05) is 0 Å². The second-order valence-electron chi connectivity index (χ2n) is 7.91. The van der Waals surface area contributed by atoms with Crippen molar-refractivity contribution in [3.8, 4) is 0 Å². The summed E-state index contributed by atoms with van der Waals surface area (Å²) in [6, 6.07) is -1.45. The van der Waals surface area contributed by atoms with E-state index in [1.54, 1.807) is 0 Å². The number of rotatable bonds is 10. The smallest absolute Gasteiger partial charge is 0.328 e. The van der Waals surface area contributed by atoms with Crippen LogP contribution in [-0.4, -0.2) is 134 Å². The summed E-state index contributed by atoms with van der Waals surface area (Å²) < 4.78 is 15.2. The van der Waals surface area contributed by atoms with Crippen LogP contribution in [0.1, 0.15) is 12.8 Å². The molecule has 2 rings (SSSR count). The van der Waals surface area contributed by atoms with Crippen LogP contribution in [0.25, 0.3) is 0 Å². The molecule has 15 heteroatoms. The molecule has 0 saturated carbocycles. The molecule has 1 aliphatic heterocycles. The number of nitrogens with zero attached hydrogens (tertiary/aromatic N) is 1. The molecule has 1 saturated heterocycles. The highest BCUT2D eigenvalue weighted by atomic mass is 16.7. The Hall–Kier alpha value is -2.37. The van der Waals surface area contributed by atoms with Gasteiger partial charge in [0.05, 0.1) is 43.9 Å². The minimum Gasteiger partial charge on any atom is -0.493 e. The van der Waals surface area contributed by atoms with Crippen LogP contribution >= 0.6 is 0 Å². The number of aliphatic hydroxyl groups is 7. The normalized spacial score (nSPS) is 34.0. The van der Waals surface area contributed by atoms with Crippen LogP contribution in [0.4, 0.5) is 0 Å². The van der Waals surface area contributed by atoms with Gasteiger partial charge in [0.2, 0.25) is 0 Å². The second kappa shape index (κ2) is 11.9. The molecule has 6 unspecified atom stereocenters. The molecule has 9 N–H and O–H groups in total. The van der Waals surface area contributed by atoms with E-state index in [9.17, 15) is 50.4 Å². The fraction of sp³-hybridized carbons (Fsp3) is 0.737. The molecule has 0 aromatic carbocycles. The van der Waals surface area contributed by atoms with Crippen molar-refractivity contribution in [2.24, 2.45) is 4.99 Å². The van der Waals surface area contributed by atoms with E-state index in [2.05, 4.69) is 10.3 Å². The summed E-state index contributed by atoms with van der Waals surface area (Å²) >= 11 is 0. The maximum atomic E-state index is 12.4. The highest BCUT2D eigenvalue weighted by molar-refractivity contribution is 6.01. The van der Waals surface area contributed by atoms with Gasteiger partial charge >= 0.3 is 11.9 Å². The molecule has 0 radical (unpaired) electrons. The maximum Gasteiger partial charge on any atom is 0.328 e. The van der Waals surface area contributed by atoms with Gasteiger partial charge in [0, 0.05) is 12.8 Å². The molecule has 1 fully saturated rings. The fourth-order valence-corrected chi connectivity index (χ4v) is 3.59. The third kappa shape index (κ3) is 6.39. The van der Waals surface area contributed by atoms with Crippen LogP contribution in [-0.2, 0) is 23.8 Å². The number of aliphatic hydroxyl groups excluding tert-OH is 6. The highest BCUT2D eigenvalue weighted by Crippen LogP contribution is 2.31. The minimum absolute atomic E-state index is 0.0153. The number of carbonyl (C=O) groups excluding carboxylic acids is 1. The van der Waals surface area contributed by atoms with Crippen molar-refractivity contribution in [1.29, 1.82) is 0 Å². The Morgan fingerprint density at radius 2 is 1.88 bits per heavy atom. The van der Waals surface area contributed by atoms with Gasteiger partial charge in [0.1, 0.15) is 30.9 Å². The third-order valence-electron chi connectivity index (χ3n) is 5.37. The summed E-state index contributed by atoms with van der Waals surface area (Å²) in [5.41, 5.74) is -1.78. The van der Waals surface area contributed by atoms with Crippen molar-refractivity contribution < 1.29 is 64.7 Å². The zero-order valence-electron chi connectivity index (χ0n) is 18.3. The molecule has 0 aromatic rings. The van der Waals surface area contributed by atoms with E-state index >= 15 is 0 Å². The minimum atomic E-state index is -1.80. The van der Waals surface area contributed by atoms with Crippen molar-refractivity contribution in [3.63, 3.8) is 0 Å². The highest BCUT2D eigenvalue weighted by Gasteiger charge is 2.46. The number of hydrogen-bond acceptors (Lipinski definition) is 14. The Balaban J connectivity index is 2.24. The predicted molar refractivity (Wildman–Crippen MR) is 109 cm³/mol. The van der Waals surface area contributed by atoms with Gasteiger partial charge in [-0.3, -0.25) is 9.79 Å². The van der Waals surface area contributed by atoms with Crippen LogP contribution in [0.5, 0.6) is 0 Å². The summed E-state index contributed by atoms with van der Waals surface area (Å²) in [6.07, 6.45) is -8.73. The van der Waals surface area contributed by atoms with Crippen molar-refractivity contribution >= 4 is 17.7 Å². The Kier molecular flexibility index (Phi) is 9.72. The molecule has 0 spiro atoms. The third-order valence-corrected chi connectivity index (χ3v) is 5.37. The molecule has 2 aliphatic rings. The number of aliphatic carboxylic acids is 1. The number of methoxy groups -OCH3 is 1. The van der Waals surface area contributed by atoms with Crippen LogP contribution in [0, 0.1) is 0 Å². The van der Waals surface area contributed by atoms with E-state index in [0.29, 0.717) is 0 Å². The first-order valence-electron chi connectivity index (χ1n) is 10.2. The predicted octanol–water partition coefficient (Wildman–Crippen LogP) is -4.82. The molecule has 1 heterocycles. The number of carbonyl (C=O) groups is 2. The summed E-state index contributed by atoms with van der Waals surface area (Å²) in [7, 11) is 1.23. The lowest BCUT2D eigenvalue weighted by Crippen LogP contribution is -2.59. The van der Waals surface area contributed by atoms with Gasteiger partial charge in [-0.2, -0.15) is 0 Å². The quantitative estimate of drug-likeness (QED) is 0.129. The monoisotopic (exact) mass is 494 g/mol. The van der Waals surface area contributed by atoms with Gasteiger partial charge in [0.25, 0.3) is 0 Å². The van der Waals surface area contributed by atoms with Gasteiger partial charge < -0.3 is 60.4 Å². The van der Waals surface area contributed by atoms with Crippen LogP contribution in [0.15, 0.2) is 16.4 Å². The van der Waals surface area contributed by atoms with Gasteiger partial charge in [-0.05, 0) is 0 Å². The first kappa shape index (κ1) is 27.9. The number of allylic oxidation sites excluding steroid dienone is 1. The van der Waals surface area contributed by atoms with E-state index in [1.165, 1.54) is 7.11 Å². The standard InChI is InChI=1S/C19H30N2O13/c1-32-15-8(2-19(31,7-24)3-9(15)21-10(5-22)17(28)29)20-4-12(25)34-16-11(6-23)33-18(30)14(27)13(16)26/h10-11,13-14,16,18,21-24,26-27,30-31H,2-7H2,1H3,(H,28,29)/t10?,11?,13?,14?,16?,18?,19-/m0/s1.